The monoisotopic (exact) mass is 434 g/mol. The van der Waals surface area contributed by atoms with E-state index >= 15 is 0 Å². The van der Waals surface area contributed by atoms with Crippen LogP contribution in [0.1, 0.15) is 148 Å². The first kappa shape index (κ1) is 27.8. The number of aryl methyl sites for hydroxylation is 1. The summed E-state index contributed by atoms with van der Waals surface area (Å²) in [5.41, 5.74) is -0.460. The van der Waals surface area contributed by atoms with Gasteiger partial charge in [0.05, 0.1) is 6.07 Å². The molecule has 0 saturated heterocycles. The second-order valence-electron chi connectivity index (χ2n) is 9.42. The molecular formula is C28H50O3. The van der Waals surface area contributed by atoms with Crippen LogP contribution >= 0.6 is 0 Å². The quantitative estimate of drug-likeness (QED) is 0.185. The number of rotatable bonds is 22. The molecule has 0 aliphatic rings. The van der Waals surface area contributed by atoms with Crippen LogP contribution < -0.4 is 5.63 Å². The fraction of sp³-hybridized carbons (Fsp3) is 0.821. The highest BCUT2D eigenvalue weighted by molar-refractivity contribution is 5.18. The summed E-state index contributed by atoms with van der Waals surface area (Å²) < 4.78 is 5.09. The van der Waals surface area contributed by atoms with Crippen molar-refractivity contribution in [2.24, 2.45) is 0 Å². The van der Waals surface area contributed by atoms with Gasteiger partial charge in [0.2, 0.25) is 0 Å². The summed E-state index contributed by atoms with van der Waals surface area (Å²) in [6, 6.07) is 2.67. The summed E-state index contributed by atoms with van der Waals surface area (Å²) in [5.74, 6) is 0.609. The van der Waals surface area contributed by atoms with Crippen molar-refractivity contribution in [1.82, 2.24) is 0 Å². The number of hydrogen-bond acceptors (Lipinski definition) is 3. The zero-order valence-corrected chi connectivity index (χ0v) is 20.5. The van der Waals surface area contributed by atoms with Gasteiger partial charge in [-0.25, -0.2) is 4.79 Å². The molecule has 1 aromatic rings. The summed E-state index contributed by atoms with van der Waals surface area (Å²) in [5, 5.41) is 9.41. The Kier molecular flexibility index (Phi) is 18.5. The van der Waals surface area contributed by atoms with E-state index in [1.807, 2.05) is 0 Å². The summed E-state index contributed by atoms with van der Waals surface area (Å²) in [7, 11) is 0. The predicted molar refractivity (Wildman–Crippen MR) is 133 cm³/mol. The molecule has 1 N–H and O–H groups in total. The van der Waals surface area contributed by atoms with Gasteiger partial charge in [0.15, 0.2) is 0 Å². The van der Waals surface area contributed by atoms with Crippen LogP contribution in [0.2, 0.25) is 0 Å². The van der Waals surface area contributed by atoms with Gasteiger partial charge in [-0.05, 0) is 6.42 Å². The average Bonchev–Trinajstić information content (AvgIpc) is 2.74. The summed E-state index contributed by atoms with van der Waals surface area (Å²) in [4.78, 5) is 11.2. The molecule has 0 atom stereocenters. The Balaban J connectivity index is 1.73. The number of hydrogen-bond donors (Lipinski definition) is 1. The van der Waals surface area contributed by atoms with Crippen molar-refractivity contribution in [3.63, 3.8) is 0 Å². The van der Waals surface area contributed by atoms with Crippen molar-refractivity contribution in [3.8, 4) is 5.75 Å². The van der Waals surface area contributed by atoms with E-state index in [1.54, 1.807) is 6.07 Å². The van der Waals surface area contributed by atoms with Gasteiger partial charge in [-0.2, -0.15) is 0 Å². The Labute approximate surface area is 192 Å². The van der Waals surface area contributed by atoms with Gasteiger partial charge >= 0.3 is 5.63 Å². The number of aromatic hydroxyl groups is 1. The Hall–Kier alpha value is -1.25. The van der Waals surface area contributed by atoms with Crippen LogP contribution in [0.3, 0.4) is 0 Å². The lowest BCUT2D eigenvalue weighted by atomic mass is 10.0. The third kappa shape index (κ3) is 18.1. The van der Waals surface area contributed by atoms with E-state index in [-0.39, 0.29) is 5.75 Å². The van der Waals surface area contributed by atoms with Crippen LogP contribution in [-0.4, -0.2) is 5.11 Å². The van der Waals surface area contributed by atoms with Crippen LogP contribution in [0.5, 0.6) is 5.75 Å². The summed E-state index contributed by atoms with van der Waals surface area (Å²) in [6.07, 6.45) is 29.7. The van der Waals surface area contributed by atoms with E-state index in [0.717, 1.165) is 25.3 Å². The first-order chi connectivity index (χ1) is 15.2. The second-order valence-corrected chi connectivity index (χ2v) is 9.42. The molecule has 3 nitrogen and oxygen atoms in total. The molecule has 3 heteroatoms. The van der Waals surface area contributed by atoms with Gasteiger partial charge in [0.25, 0.3) is 0 Å². The third-order valence-electron chi connectivity index (χ3n) is 6.33. The summed E-state index contributed by atoms with van der Waals surface area (Å²) in [6.45, 7) is 2.29. The molecule has 0 saturated carbocycles. The third-order valence-corrected chi connectivity index (χ3v) is 6.33. The minimum atomic E-state index is -0.460. The molecule has 31 heavy (non-hydrogen) atoms. The van der Waals surface area contributed by atoms with Crippen LogP contribution in [0.4, 0.5) is 0 Å². The standard InChI is InChI=1S/C28H50O3/c1-2-3-4-5-6-7-8-9-10-11-12-13-14-15-16-17-18-19-20-21-22-23-27-24-26(29)25-28(30)31-27/h24-25,29H,2-23H2,1H3. The predicted octanol–water partition coefficient (Wildman–Crippen LogP) is 9.10. The Bertz CT molecular complexity index is 564. The minimum absolute atomic E-state index is 0.00903. The van der Waals surface area contributed by atoms with Crippen molar-refractivity contribution in [2.75, 3.05) is 0 Å². The van der Waals surface area contributed by atoms with Crippen LogP contribution in [0.25, 0.3) is 0 Å². The molecular weight excluding hydrogens is 384 g/mol. The molecule has 0 bridgehead atoms. The van der Waals surface area contributed by atoms with Gasteiger partial charge in [-0.15, -0.1) is 0 Å². The van der Waals surface area contributed by atoms with Crippen molar-refractivity contribution < 1.29 is 9.52 Å². The van der Waals surface area contributed by atoms with Gasteiger partial charge in [-0.1, -0.05) is 135 Å². The number of unbranched alkanes of at least 4 members (excludes halogenated alkanes) is 20. The maximum atomic E-state index is 11.2. The van der Waals surface area contributed by atoms with Gasteiger partial charge < -0.3 is 9.52 Å². The fourth-order valence-corrected chi connectivity index (χ4v) is 4.37. The SMILES string of the molecule is CCCCCCCCCCCCCCCCCCCCCCCc1cc(O)cc(=O)o1. The Morgan fingerprint density at radius 2 is 0.935 bits per heavy atom. The smallest absolute Gasteiger partial charge is 0.339 e. The zero-order valence-electron chi connectivity index (χ0n) is 20.5. The molecule has 0 aliphatic carbocycles. The zero-order chi connectivity index (χ0) is 22.4. The molecule has 1 rings (SSSR count). The lowest BCUT2D eigenvalue weighted by Crippen LogP contribution is -1.98. The first-order valence-electron chi connectivity index (χ1n) is 13.6. The normalized spacial score (nSPS) is 11.3. The lowest BCUT2D eigenvalue weighted by Gasteiger charge is -2.04. The molecule has 0 spiro atoms. The highest BCUT2D eigenvalue weighted by Gasteiger charge is 2.01. The molecule has 0 aliphatic heterocycles. The van der Waals surface area contributed by atoms with E-state index in [1.165, 1.54) is 122 Å². The van der Waals surface area contributed by atoms with E-state index in [0.29, 0.717) is 5.76 Å². The maximum Gasteiger partial charge on any atom is 0.339 e. The fourth-order valence-electron chi connectivity index (χ4n) is 4.37. The molecule has 1 aromatic heterocycles. The van der Waals surface area contributed by atoms with Gasteiger partial charge in [-0.3, -0.25) is 0 Å². The second kappa shape index (κ2) is 20.6. The highest BCUT2D eigenvalue weighted by atomic mass is 16.4. The molecule has 0 aromatic carbocycles. The molecule has 0 radical (unpaired) electrons. The van der Waals surface area contributed by atoms with Crippen molar-refractivity contribution in [3.05, 3.63) is 28.3 Å². The van der Waals surface area contributed by atoms with Crippen LogP contribution in [-0.2, 0) is 6.42 Å². The van der Waals surface area contributed by atoms with Crippen LogP contribution in [0.15, 0.2) is 21.3 Å². The lowest BCUT2D eigenvalue weighted by molar-refractivity contribution is 0.418. The van der Waals surface area contributed by atoms with Crippen molar-refractivity contribution >= 4 is 0 Å². The minimum Gasteiger partial charge on any atom is -0.508 e. The van der Waals surface area contributed by atoms with Crippen LogP contribution in [0, 0.1) is 0 Å². The Morgan fingerprint density at radius 3 is 1.29 bits per heavy atom. The van der Waals surface area contributed by atoms with Crippen molar-refractivity contribution in [1.29, 1.82) is 0 Å². The molecule has 0 amide bonds. The molecule has 0 fully saturated rings. The Morgan fingerprint density at radius 1 is 0.581 bits per heavy atom. The van der Waals surface area contributed by atoms with Gasteiger partial charge in [0, 0.05) is 12.5 Å². The molecule has 1 heterocycles. The maximum absolute atomic E-state index is 11.2. The highest BCUT2D eigenvalue weighted by Crippen LogP contribution is 2.16. The average molecular weight is 435 g/mol. The first-order valence-corrected chi connectivity index (χ1v) is 13.6. The largest absolute Gasteiger partial charge is 0.508 e. The van der Waals surface area contributed by atoms with E-state index in [2.05, 4.69) is 6.92 Å². The topological polar surface area (TPSA) is 50.4 Å². The molecule has 180 valence electrons. The van der Waals surface area contributed by atoms with Gasteiger partial charge in [0.1, 0.15) is 11.5 Å². The van der Waals surface area contributed by atoms with E-state index in [9.17, 15) is 9.90 Å². The van der Waals surface area contributed by atoms with Crippen molar-refractivity contribution in [2.45, 2.75) is 148 Å². The summed E-state index contributed by atoms with van der Waals surface area (Å²) >= 11 is 0. The molecule has 0 unspecified atom stereocenters. The van der Waals surface area contributed by atoms with E-state index < -0.39 is 5.63 Å². The van der Waals surface area contributed by atoms with E-state index in [4.69, 9.17) is 4.42 Å².